The Labute approximate surface area is 184 Å². The van der Waals surface area contributed by atoms with E-state index in [1.54, 1.807) is 0 Å². The Balaban J connectivity index is 1.67. The molecule has 2 bridgehead atoms. The van der Waals surface area contributed by atoms with Crippen LogP contribution < -0.4 is 11.1 Å². The number of nitrogens with one attached hydrogen (secondary N) is 1. The van der Waals surface area contributed by atoms with Gasteiger partial charge in [-0.05, 0) is 36.8 Å². The number of carbonyl (C=O) groups is 3. The van der Waals surface area contributed by atoms with Crippen LogP contribution in [0.15, 0.2) is 24.3 Å². The Hall–Kier alpha value is -2.71. The summed E-state index contributed by atoms with van der Waals surface area (Å²) in [5, 5.41) is 12.7. The van der Waals surface area contributed by atoms with E-state index in [4.69, 9.17) is 10.5 Å². The minimum atomic E-state index is -1.03. The van der Waals surface area contributed by atoms with Crippen LogP contribution in [0.1, 0.15) is 53.4 Å². The highest BCUT2D eigenvalue weighted by Gasteiger charge is 2.55. The van der Waals surface area contributed by atoms with E-state index in [1.807, 2.05) is 31.2 Å². The maximum Gasteiger partial charge on any atom is 0.310 e. The number of rotatable bonds is 6. The molecule has 0 saturated carbocycles. The minimum Gasteiger partial charge on any atom is -0.481 e. The first-order valence-electron chi connectivity index (χ1n) is 10.4. The molecule has 8 heteroatoms. The number of hydrogen-bond donors (Lipinski definition) is 3. The van der Waals surface area contributed by atoms with Crippen LogP contribution in [-0.4, -0.2) is 35.1 Å². The van der Waals surface area contributed by atoms with Crippen molar-refractivity contribution >= 4 is 34.1 Å². The van der Waals surface area contributed by atoms with Crippen molar-refractivity contribution in [3.05, 3.63) is 40.3 Å². The van der Waals surface area contributed by atoms with Gasteiger partial charge in [0.25, 0.3) is 5.91 Å². The number of benzene rings is 1. The van der Waals surface area contributed by atoms with E-state index in [-0.39, 0.29) is 5.56 Å². The van der Waals surface area contributed by atoms with Gasteiger partial charge in [-0.25, -0.2) is 0 Å². The number of amides is 2. The number of hydrogen-bond acceptors (Lipinski definition) is 5. The molecule has 4 unspecified atom stereocenters. The van der Waals surface area contributed by atoms with Gasteiger partial charge in [-0.2, -0.15) is 0 Å². The molecule has 3 heterocycles. The molecule has 2 amide bonds. The topological polar surface area (TPSA) is 119 Å². The van der Waals surface area contributed by atoms with E-state index in [0.29, 0.717) is 29.3 Å². The molecular weight excluding hydrogens is 416 g/mol. The molecule has 164 valence electrons. The number of ether oxygens (including phenoxy) is 1. The molecule has 4 rings (SSSR count). The SMILES string of the molecule is Cc1sc(NC(=O)C2C3CCC(O3)C2C(=O)O)c(C(N)=O)c1-c1ccc(C(C)C)cc1. The molecule has 2 fully saturated rings. The highest BCUT2D eigenvalue weighted by Crippen LogP contribution is 2.45. The molecular formula is C23H26N2O5S. The summed E-state index contributed by atoms with van der Waals surface area (Å²) in [5.41, 5.74) is 8.69. The molecule has 1 aromatic carbocycles. The van der Waals surface area contributed by atoms with Crippen molar-refractivity contribution in [1.82, 2.24) is 0 Å². The third-order valence-electron chi connectivity index (χ3n) is 6.29. The van der Waals surface area contributed by atoms with Crippen LogP contribution in [0.3, 0.4) is 0 Å². The number of carboxylic acid groups (broad SMARTS) is 1. The van der Waals surface area contributed by atoms with Gasteiger partial charge in [0.2, 0.25) is 5.91 Å². The predicted octanol–water partition coefficient (Wildman–Crippen LogP) is 3.76. The van der Waals surface area contributed by atoms with Crippen LogP contribution in [0.4, 0.5) is 5.00 Å². The van der Waals surface area contributed by atoms with Gasteiger partial charge in [-0.1, -0.05) is 38.1 Å². The summed E-state index contributed by atoms with van der Waals surface area (Å²) >= 11 is 1.27. The molecule has 4 N–H and O–H groups in total. The average Bonchev–Trinajstić information content (AvgIpc) is 3.40. The lowest BCUT2D eigenvalue weighted by molar-refractivity contribution is -0.147. The number of carbonyl (C=O) groups excluding carboxylic acids is 2. The molecule has 4 atom stereocenters. The summed E-state index contributed by atoms with van der Waals surface area (Å²) in [6, 6.07) is 7.94. The molecule has 0 aliphatic carbocycles. The molecule has 7 nitrogen and oxygen atoms in total. The van der Waals surface area contributed by atoms with Gasteiger partial charge in [-0.3, -0.25) is 14.4 Å². The molecule has 31 heavy (non-hydrogen) atoms. The summed E-state index contributed by atoms with van der Waals surface area (Å²) in [4.78, 5) is 38.0. The summed E-state index contributed by atoms with van der Waals surface area (Å²) in [7, 11) is 0. The molecule has 2 aromatic rings. The van der Waals surface area contributed by atoms with Gasteiger partial charge >= 0.3 is 5.97 Å². The van der Waals surface area contributed by atoms with Crippen LogP contribution >= 0.6 is 11.3 Å². The first-order valence-corrected chi connectivity index (χ1v) is 11.2. The Morgan fingerprint density at radius 1 is 1.13 bits per heavy atom. The van der Waals surface area contributed by atoms with Gasteiger partial charge in [0, 0.05) is 10.4 Å². The fraction of sp³-hybridized carbons (Fsp3) is 0.435. The third kappa shape index (κ3) is 3.74. The van der Waals surface area contributed by atoms with E-state index in [0.717, 1.165) is 10.4 Å². The van der Waals surface area contributed by atoms with E-state index in [1.165, 1.54) is 16.9 Å². The van der Waals surface area contributed by atoms with Crippen molar-refractivity contribution in [3.8, 4) is 11.1 Å². The zero-order valence-electron chi connectivity index (χ0n) is 17.7. The summed E-state index contributed by atoms with van der Waals surface area (Å²) in [5.74, 6) is -3.38. The lowest BCUT2D eigenvalue weighted by Gasteiger charge is -2.23. The van der Waals surface area contributed by atoms with Crippen LogP contribution in [0.25, 0.3) is 11.1 Å². The highest BCUT2D eigenvalue weighted by molar-refractivity contribution is 7.17. The van der Waals surface area contributed by atoms with Gasteiger partial charge < -0.3 is 20.9 Å². The number of nitrogens with two attached hydrogens (primary N) is 1. The number of primary amides is 1. The lowest BCUT2D eigenvalue weighted by atomic mass is 9.78. The summed E-state index contributed by atoms with van der Waals surface area (Å²) in [6.45, 7) is 6.09. The average molecular weight is 443 g/mol. The van der Waals surface area contributed by atoms with Gasteiger partial charge in [-0.15, -0.1) is 11.3 Å². The van der Waals surface area contributed by atoms with E-state index in [9.17, 15) is 19.5 Å². The Bertz CT molecular complexity index is 1040. The van der Waals surface area contributed by atoms with Crippen LogP contribution in [0.2, 0.25) is 0 Å². The number of fused-ring (bicyclic) bond motifs is 2. The monoisotopic (exact) mass is 442 g/mol. The number of anilines is 1. The van der Waals surface area contributed by atoms with Crippen molar-refractivity contribution in [2.24, 2.45) is 17.6 Å². The molecule has 1 aromatic heterocycles. The Morgan fingerprint density at radius 3 is 2.29 bits per heavy atom. The van der Waals surface area contributed by atoms with Gasteiger partial charge in [0.05, 0.1) is 29.6 Å². The Morgan fingerprint density at radius 2 is 1.74 bits per heavy atom. The summed E-state index contributed by atoms with van der Waals surface area (Å²) < 4.78 is 5.69. The van der Waals surface area contributed by atoms with Crippen molar-refractivity contribution in [1.29, 1.82) is 0 Å². The first-order chi connectivity index (χ1) is 14.7. The minimum absolute atomic E-state index is 0.254. The van der Waals surface area contributed by atoms with E-state index in [2.05, 4.69) is 19.2 Å². The fourth-order valence-corrected chi connectivity index (χ4v) is 5.85. The quantitative estimate of drug-likeness (QED) is 0.629. The number of carboxylic acids is 1. The molecule has 2 aliphatic rings. The largest absolute Gasteiger partial charge is 0.481 e. The van der Waals surface area contributed by atoms with E-state index >= 15 is 0 Å². The second-order valence-electron chi connectivity index (χ2n) is 8.55. The van der Waals surface area contributed by atoms with E-state index < -0.39 is 41.8 Å². The number of aliphatic carboxylic acids is 1. The van der Waals surface area contributed by atoms with Crippen molar-refractivity contribution in [3.63, 3.8) is 0 Å². The van der Waals surface area contributed by atoms with Crippen molar-refractivity contribution in [2.75, 3.05) is 5.32 Å². The second-order valence-corrected chi connectivity index (χ2v) is 9.77. The number of thiophene rings is 1. The fourth-order valence-electron chi connectivity index (χ4n) is 4.77. The van der Waals surface area contributed by atoms with Gasteiger partial charge in [0.1, 0.15) is 5.00 Å². The zero-order valence-corrected chi connectivity index (χ0v) is 18.5. The molecule has 2 aliphatic heterocycles. The van der Waals surface area contributed by atoms with Crippen LogP contribution in [0, 0.1) is 18.8 Å². The predicted molar refractivity (Wildman–Crippen MR) is 118 cm³/mol. The maximum atomic E-state index is 13.1. The number of aryl methyl sites for hydroxylation is 1. The van der Waals surface area contributed by atoms with Crippen molar-refractivity contribution in [2.45, 2.75) is 51.7 Å². The highest BCUT2D eigenvalue weighted by atomic mass is 32.1. The van der Waals surface area contributed by atoms with Crippen molar-refractivity contribution < 1.29 is 24.2 Å². The standard InChI is InChI=1S/C23H26N2O5S/c1-10(2)12-4-6-13(7-5-12)16-11(3)31-22(19(16)20(24)26)25-21(27)17-14-8-9-15(30-14)18(17)23(28)29/h4-7,10,14-15,17-18H,8-9H2,1-3H3,(H2,24,26)(H,25,27)(H,28,29). The van der Waals surface area contributed by atoms with Crippen LogP contribution in [0.5, 0.6) is 0 Å². The molecule has 0 spiro atoms. The Kier molecular flexibility index (Phi) is 5.61. The van der Waals surface area contributed by atoms with Crippen LogP contribution in [-0.2, 0) is 14.3 Å². The summed E-state index contributed by atoms with van der Waals surface area (Å²) in [6.07, 6.45) is 0.458. The molecule has 0 radical (unpaired) electrons. The second kappa shape index (κ2) is 8.09. The maximum absolute atomic E-state index is 13.1. The normalized spacial score (nSPS) is 24.5. The third-order valence-corrected chi connectivity index (χ3v) is 7.32. The smallest absolute Gasteiger partial charge is 0.310 e. The zero-order chi connectivity index (χ0) is 22.4. The lowest BCUT2D eigenvalue weighted by Crippen LogP contribution is -2.41. The van der Waals surface area contributed by atoms with Gasteiger partial charge in [0.15, 0.2) is 0 Å². The first kappa shape index (κ1) is 21.5. The molecule has 2 saturated heterocycles.